The lowest BCUT2D eigenvalue weighted by molar-refractivity contribution is -0.205. The van der Waals surface area contributed by atoms with Gasteiger partial charge in [-0.25, -0.2) is 4.79 Å². The molecule has 1 aromatic rings. The molecule has 5 nitrogen and oxygen atoms in total. The average molecular weight is 319 g/mol. The Bertz CT molecular complexity index is 492. The van der Waals surface area contributed by atoms with Crippen molar-refractivity contribution in [3.8, 4) is 0 Å². The monoisotopic (exact) mass is 319 g/mol. The summed E-state index contributed by atoms with van der Waals surface area (Å²) in [6.45, 7) is 3.22. The normalized spacial score (nSPS) is 13.6. The first-order valence-corrected chi connectivity index (χ1v) is 6.68. The highest BCUT2D eigenvalue weighted by Crippen LogP contribution is 2.22. The second-order valence-electron chi connectivity index (χ2n) is 5.72. The molecule has 124 valence electrons. The third-order valence-corrected chi connectivity index (χ3v) is 3.31. The Morgan fingerprint density at radius 3 is 2.41 bits per heavy atom. The van der Waals surface area contributed by atoms with E-state index in [2.05, 4.69) is 10.3 Å². The van der Waals surface area contributed by atoms with E-state index < -0.39 is 30.3 Å². The maximum Gasteiger partial charge on any atom is 0.416 e. The Kier molecular flexibility index (Phi) is 5.76. The number of nitrogens with zero attached hydrogens (tertiary/aromatic N) is 2. The van der Waals surface area contributed by atoms with Gasteiger partial charge in [-0.3, -0.25) is 4.98 Å². The zero-order valence-corrected chi connectivity index (χ0v) is 12.7. The fourth-order valence-corrected chi connectivity index (χ4v) is 1.78. The number of rotatable bonds is 5. The van der Waals surface area contributed by atoms with Gasteiger partial charge in [0.2, 0.25) is 0 Å². The van der Waals surface area contributed by atoms with Crippen LogP contribution in [0.1, 0.15) is 19.4 Å². The van der Waals surface area contributed by atoms with Crippen LogP contribution in [0, 0.1) is 0 Å². The number of hydrogen-bond acceptors (Lipinski definition) is 3. The van der Waals surface area contributed by atoms with Crippen LogP contribution in [0.5, 0.6) is 0 Å². The first-order chi connectivity index (χ1) is 10.0. The molecule has 0 aliphatic carbocycles. The van der Waals surface area contributed by atoms with Crippen molar-refractivity contribution in [1.29, 1.82) is 0 Å². The van der Waals surface area contributed by atoms with Gasteiger partial charge in [0.25, 0.3) is 0 Å². The number of aromatic nitrogens is 1. The number of carbonyl (C=O) groups excluding carboxylic acids is 1. The topological polar surface area (TPSA) is 65.5 Å². The van der Waals surface area contributed by atoms with Crippen molar-refractivity contribution in [2.45, 2.75) is 31.5 Å². The summed E-state index contributed by atoms with van der Waals surface area (Å²) in [4.78, 5) is 16.5. The molecule has 8 heteroatoms. The molecule has 0 spiro atoms. The summed E-state index contributed by atoms with van der Waals surface area (Å²) in [5, 5.41) is 11.5. The molecule has 0 radical (unpaired) electrons. The van der Waals surface area contributed by atoms with Gasteiger partial charge in [0.1, 0.15) is 0 Å². The van der Waals surface area contributed by atoms with Crippen molar-refractivity contribution in [3.63, 3.8) is 0 Å². The molecule has 0 saturated carbocycles. The highest BCUT2D eigenvalue weighted by Gasteiger charge is 2.39. The Morgan fingerprint density at radius 1 is 1.36 bits per heavy atom. The molecule has 1 rings (SSSR count). The van der Waals surface area contributed by atoms with Gasteiger partial charge >= 0.3 is 12.2 Å². The molecule has 1 heterocycles. The zero-order valence-electron chi connectivity index (χ0n) is 12.7. The molecule has 0 aliphatic rings. The van der Waals surface area contributed by atoms with E-state index >= 15 is 0 Å². The van der Waals surface area contributed by atoms with Gasteiger partial charge in [-0.15, -0.1) is 0 Å². The van der Waals surface area contributed by atoms with Gasteiger partial charge in [-0.05, 0) is 17.7 Å². The van der Waals surface area contributed by atoms with Crippen LogP contribution < -0.4 is 5.32 Å². The van der Waals surface area contributed by atoms with Gasteiger partial charge in [0, 0.05) is 31.4 Å². The number of likely N-dealkylation sites (N-methyl/N-ethyl adjacent to an activating group) is 1. The first kappa shape index (κ1) is 18.2. The molecule has 0 fully saturated rings. The Balaban J connectivity index is 2.55. The van der Waals surface area contributed by atoms with Crippen LogP contribution >= 0.6 is 0 Å². The molecule has 1 aromatic heterocycles. The summed E-state index contributed by atoms with van der Waals surface area (Å²) in [6.07, 6.45) is -4.04. The summed E-state index contributed by atoms with van der Waals surface area (Å²) < 4.78 is 36.8. The smallest absolute Gasteiger partial charge is 0.382 e. The number of halogens is 3. The average Bonchev–Trinajstić information content (AvgIpc) is 2.44. The second kappa shape index (κ2) is 6.95. The lowest BCUT2D eigenvalue weighted by Crippen LogP contribution is -2.47. The molecule has 2 N–H and O–H groups in total. The van der Waals surface area contributed by atoms with Crippen molar-refractivity contribution < 1.29 is 23.1 Å². The van der Waals surface area contributed by atoms with Gasteiger partial charge < -0.3 is 15.3 Å². The SMILES string of the molecule is CN(CC(O)C(F)(F)F)C(=O)NCC(C)(C)c1ccncc1. The highest BCUT2D eigenvalue weighted by atomic mass is 19.4. The predicted octanol–water partition coefficient (Wildman–Crippen LogP) is 1.92. The third kappa shape index (κ3) is 5.18. The summed E-state index contributed by atoms with van der Waals surface area (Å²) in [5.74, 6) is 0. The van der Waals surface area contributed by atoms with Gasteiger partial charge in [0.05, 0.1) is 6.54 Å². The van der Waals surface area contributed by atoms with E-state index in [1.165, 1.54) is 7.05 Å². The van der Waals surface area contributed by atoms with Gasteiger partial charge in [0.15, 0.2) is 6.10 Å². The van der Waals surface area contributed by atoms with Gasteiger partial charge in [-0.1, -0.05) is 13.8 Å². The van der Waals surface area contributed by atoms with E-state index in [1.807, 2.05) is 26.0 Å². The van der Waals surface area contributed by atoms with E-state index in [9.17, 15) is 18.0 Å². The molecule has 0 bridgehead atoms. The standard InChI is InChI=1S/C14H20F3N3O2/c1-13(2,10-4-6-18-7-5-10)9-19-12(22)20(3)8-11(21)14(15,16)17/h4-7,11,21H,8-9H2,1-3H3,(H,19,22). The number of alkyl halides is 3. The maximum atomic E-state index is 12.3. The molecular weight excluding hydrogens is 299 g/mol. The van der Waals surface area contributed by atoms with E-state index in [4.69, 9.17) is 5.11 Å². The number of amides is 2. The number of aliphatic hydroxyl groups is 1. The number of aliphatic hydroxyl groups excluding tert-OH is 1. The van der Waals surface area contributed by atoms with Crippen LogP contribution in [0.4, 0.5) is 18.0 Å². The van der Waals surface area contributed by atoms with E-state index in [1.54, 1.807) is 12.4 Å². The number of hydrogen-bond donors (Lipinski definition) is 2. The maximum absolute atomic E-state index is 12.3. The van der Waals surface area contributed by atoms with E-state index in [0.29, 0.717) is 0 Å². The van der Waals surface area contributed by atoms with Crippen molar-refractivity contribution in [2.24, 2.45) is 0 Å². The summed E-state index contributed by atoms with van der Waals surface area (Å²) in [7, 11) is 1.20. The van der Waals surface area contributed by atoms with Crippen LogP contribution in [-0.4, -0.2) is 53.4 Å². The fourth-order valence-electron chi connectivity index (χ4n) is 1.78. The molecule has 1 atom stereocenters. The number of urea groups is 1. The zero-order chi connectivity index (χ0) is 17.0. The number of carbonyl (C=O) groups is 1. The predicted molar refractivity (Wildman–Crippen MR) is 75.4 cm³/mol. The lowest BCUT2D eigenvalue weighted by atomic mass is 9.85. The first-order valence-electron chi connectivity index (χ1n) is 6.68. The Labute approximate surface area is 127 Å². The molecule has 0 saturated heterocycles. The second-order valence-corrected chi connectivity index (χ2v) is 5.72. The van der Waals surface area contributed by atoms with Crippen LogP contribution in [0.15, 0.2) is 24.5 Å². The Hall–Kier alpha value is -1.83. The number of pyridine rings is 1. The molecule has 0 aromatic carbocycles. The number of nitrogens with one attached hydrogen (secondary N) is 1. The van der Waals surface area contributed by atoms with Crippen molar-refractivity contribution in [2.75, 3.05) is 20.1 Å². The Morgan fingerprint density at radius 2 is 1.91 bits per heavy atom. The fraction of sp³-hybridized carbons (Fsp3) is 0.571. The molecular formula is C14H20F3N3O2. The summed E-state index contributed by atoms with van der Waals surface area (Å²) >= 11 is 0. The van der Waals surface area contributed by atoms with Crippen molar-refractivity contribution >= 4 is 6.03 Å². The molecule has 0 aliphatic heterocycles. The van der Waals surface area contributed by atoms with Gasteiger partial charge in [-0.2, -0.15) is 13.2 Å². The quantitative estimate of drug-likeness (QED) is 0.871. The summed E-state index contributed by atoms with van der Waals surface area (Å²) in [6, 6.07) is 2.94. The van der Waals surface area contributed by atoms with Crippen molar-refractivity contribution in [3.05, 3.63) is 30.1 Å². The minimum absolute atomic E-state index is 0.238. The minimum atomic E-state index is -4.75. The van der Waals surface area contributed by atoms with Crippen LogP contribution in [0.2, 0.25) is 0 Å². The van der Waals surface area contributed by atoms with E-state index in [-0.39, 0.29) is 6.54 Å². The lowest BCUT2D eigenvalue weighted by Gasteiger charge is -2.28. The molecule has 2 amide bonds. The third-order valence-electron chi connectivity index (χ3n) is 3.31. The van der Waals surface area contributed by atoms with Crippen LogP contribution in [0.25, 0.3) is 0 Å². The van der Waals surface area contributed by atoms with Crippen LogP contribution in [0.3, 0.4) is 0 Å². The molecule has 22 heavy (non-hydrogen) atoms. The van der Waals surface area contributed by atoms with Crippen molar-refractivity contribution in [1.82, 2.24) is 15.2 Å². The van der Waals surface area contributed by atoms with E-state index in [0.717, 1.165) is 10.5 Å². The molecule has 1 unspecified atom stereocenters. The minimum Gasteiger partial charge on any atom is -0.382 e. The van der Waals surface area contributed by atoms with Crippen LogP contribution in [-0.2, 0) is 5.41 Å². The summed E-state index contributed by atoms with van der Waals surface area (Å²) in [5.41, 5.74) is 0.544. The largest absolute Gasteiger partial charge is 0.416 e. The highest BCUT2D eigenvalue weighted by molar-refractivity contribution is 5.74.